The molecule has 34 heavy (non-hydrogen) atoms. The lowest BCUT2D eigenvalue weighted by Gasteiger charge is -2.30. The number of nitro groups is 1. The van der Waals surface area contributed by atoms with E-state index in [1.54, 1.807) is 6.20 Å². The van der Waals surface area contributed by atoms with Crippen molar-refractivity contribution in [3.63, 3.8) is 0 Å². The van der Waals surface area contributed by atoms with Crippen molar-refractivity contribution in [1.82, 2.24) is 4.98 Å². The minimum Gasteiger partial charge on any atom is -0.489 e. The number of alkyl halides is 3. The molecule has 0 aliphatic heterocycles. The number of hydrogen-bond donors (Lipinski definition) is 1. The van der Waals surface area contributed by atoms with Gasteiger partial charge in [-0.3, -0.25) is 15.1 Å². The Balaban J connectivity index is 1.52. The van der Waals surface area contributed by atoms with Crippen LogP contribution in [0, 0.1) is 16.0 Å². The lowest BCUT2D eigenvalue weighted by atomic mass is 9.92. The van der Waals surface area contributed by atoms with E-state index < -0.39 is 22.4 Å². The minimum absolute atomic E-state index is 0.0214. The number of ether oxygens (including phenoxy) is 1. The first-order valence-corrected chi connectivity index (χ1v) is 11.9. The van der Waals surface area contributed by atoms with Gasteiger partial charge in [0.25, 0.3) is 5.69 Å². The van der Waals surface area contributed by atoms with Crippen molar-refractivity contribution in [3.8, 4) is 5.75 Å². The molecule has 186 valence electrons. The summed E-state index contributed by atoms with van der Waals surface area (Å²) >= 11 is 0. The van der Waals surface area contributed by atoms with Gasteiger partial charge in [-0.15, -0.1) is 0 Å². The fourth-order valence-electron chi connectivity index (χ4n) is 4.48. The summed E-state index contributed by atoms with van der Waals surface area (Å²) in [5, 5.41) is 14.0. The second kappa shape index (κ2) is 11.5. The Kier molecular flexibility index (Phi) is 8.74. The third-order valence-electron chi connectivity index (χ3n) is 6.32. The average Bonchev–Trinajstić information content (AvgIpc) is 2.79. The van der Waals surface area contributed by atoms with Gasteiger partial charge in [0.2, 0.25) is 0 Å². The van der Waals surface area contributed by atoms with E-state index in [4.69, 9.17) is 4.74 Å². The van der Waals surface area contributed by atoms with Crippen LogP contribution in [-0.2, 0) is 12.6 Å². The van der Waals surface area contributed by atoms with E-state index in [2.05, 4.69) is 24.1 Å². The van der Waals surface area contributed by atoms with Crippen LogP contribution in [0.1, 0.15) is 69.9 Å². The van der Waals surface area contributed by atoms with Crippen LogP contribution in [-0.4, -0.2) is 22.1 Å². The Morgan fingerprint density at radius 3 is 2.56 bits per heavy atom. The monoisotopic (exact) mass is 479 g/mol. The van der Waals surface area contributed by atoms with Crippen LogP contribution in [0.3, 0.4) is 0 Å². The topological polar surface area (TPSA) is 77.3 Å². The summed E-state index contributed by atoms with van der Waals surface area (Å²) in [6.07, 6.45) is 6.31. The fourth-order valence-corrected chi connectivity index (χ4v) is 4.48. The quantitative estimate of drug-likeness (QED) is 0.288. The van der Waals surface area contributed by atoms with Crippen LogP contribution < -0.4 is 10.1 Å². The van der Waals surface area contributed by atoms with Crippen LogP contribution in [0.5, 0.6) is 5.75 Å². The standard InChI is InChI=1S/C25H32F3N3O3/c1-3-4-17(2)5-6-18-13-22(16-29-15-18)34-21-10-7-19(8-11-21)30-20-9-12-24(31(32)33)23(14-20)25(26,27)28/h9,12-17,19,21,30H,3-8,10-11H2,1-2H3/t17?,19-,21-. The molecule has 1 aliphatic rings. The maximum atomic E-state index is 13.2. The lowest BCUT2D eigenvalue weighted by Crippen LogP contribution is -2.31. The lowest BCUT2D eigenvalue weighted by molar-refractivity contribution is -0.388. The molecule has 1 heterocycles. The zero-order chi connectivity index (χ0) is 24.7. The molecule has 1 unspecified atom stereocenters. The van der Waals surface area contributed by atoms with Gasteiger partial charge in [0.05, 0.1) is 17.2 Å². The van der Waals surface area contributed by atoms with Gasteiger partial charge in [0.15, 0.2) is 0 Å². The number of nitro benzene ring substituents is 1. The molecule has 1 atom stereocenters. The van der Waals surface area contributed by atoms with Crippen molar-refractivity contribution >= 4 is 11.4 Å². The van der Waals surface area contributed by atoms with E-state index in [1.165, 1.54) is 18.9 Å². The summed E-state index contributed by atoms with van der Waals surface area (Å²) in [5.74, 6) is 1.43. The van der Waals surface area contributed by atoms with Crippen molar-refractivity contribution < 1.29 is 22.8 Å². The summed E-state index contributed by atoms with van der Waals surface area (Å²) in [6.45, 7) is 4.47. The molecule has 0 radical (unpaired) electrons. The predicted octanol–water partition coefficient (Wildman–Crippen LogP) is 7.18. The van der Waals surface area contributed by atoms with Gasteiger partial charge in [-0.25, -0.2) is 0 Å². The Morgan fingerprint density at radius 2 is 1.91 bits per heavy atom. The number of nitrogens with one attached hydrogen (secondary N) is 1. The highest BCUT2D eigenvalue weighted by Gasteiger charge is 2.38. The van der Waals surface area contributed by atoms with Gasteiger partial charge in [0, 0.05) is 24.0 Å². The number of aromatic nitrogens is 1. The first-order chi connectivity index (χ1) is 16.2. The summed E-state index contributed by atoms with van der Waals surface area (Å²) in [5.41, 5.74) is -0.784. The third kappa shape index (κ3) is 7.33. The van der Waals surface area contributed by atoms with E-state index in [-0.39, 0.29) is 17.8 Å². The number of halogens is 3. The molecule has 0 bridgehead atoms. The number of rotatable bonds is 10. The Hall–Kier alpha value is -2.84. The van der Waals surface area contributed by atoms with Gasteiger partial charge < -0.3 is 10.1 Å². The van der Waals surface area contributed by atoms with Gasteiger partial charge in [0.1, 0.15) is 11.3 Å². The molecule has 1 fully saturated rings. The molecule has 3 rings (SSSR count). The third-order valence-corrected chi connectivity index (χ3v) is 6.32. The van der Waals surface area contributed by atoms with Crippen molar-refractivity contribution in [2.24, 2.45) is 5.92 Å². The number of aryl methyl sites for hydroxylation is 1. The first-order valence-electron chi connectivity index (χ1n) is 11.9. The molecular formula is C25H32F3N3O3. The van der Waals surface area contributed by atoms with Crippen molar-refractivity contribution in [1.29, 1.82) is 0 Å². The molecular weight excluding hydrogens is 447 g/mol. The summed E-state index contributed by atoms with van der Waals surface area (Å²) < 4.78 is 45.8. The van der Waals surface area contributed by atoms with Crippen molar-refractivity contribution in [2.45, 2.75) is 83.5 Å². The molecule has 0 amide bonds. The first kappa shape index (κ1) is 25.8. The second-order valence-electron chi connectivity index (χ2n) is 9.18. The Bertz CT molecular complexity index is 960. The second-order valence-corrected chi connectivity index (χ2v) is 9.18. The Labute approximate surface area is 198 Å². The highest BCUT2D eigenvalue weighted by atomic mass is 19.4. The minimum atomic E-state index is -4.79. The van der Waals surface area contributed by atoms with Crippen LogP contribution in [0.2, 0.25) is 0 Å². The molecule has 2 aromatic rings. The van der Waals surface area contributed by atoms with Gasteiger partial charge in [-0.1, -0.05) is 26.7 Å². The molecule has 1 aromatic carbocycles. The predicted molar refractivity (Wildman–Crippen MR) is 125 cm³/mol. The van der Waals surface area contributed by atoms with Crippen molar-refractivity contribution in [2.75, 3.05) is 5.32 Å². The molecule has 6 nitrogen and oxygen atoms in total. The van der Waals surface area contributed by atoms with Crippen LogP contribution in [0.25, 0.3) is 0 Å². The highest BCUT2D eigenvalue weighted by Crippen LogP contribution is 2.38. The Morgan fingerprint density at radius 1 is 1.18 bits per heavy atom. The SMILES string of the molecule is CCCC(C)CCc1cncc(O[C@H]2CC[C@H](Nc3ccc([N+](=O)[O-])c(C(F)(F)F)c3)CC2)c1. The summed E-state index contributed by atoms with van der Waals surface area (Å²) in [7, 11) is 0. The maximum Gasteiger partial charge on any atom is 0.423 e. The maximum absolute atomic E-state index is 13.2. The molecule has 1 aromatic heterocycles. The number of benzene rings is 1. The normalized spacial score (nSPS) is 19.4. The largest absolute Gasteiger partial charge is 0.489 e. The average molecular weight is 480 g/mol. The van der Waals surface area contributed by atoms with E-state index in [0.29, 0.717) is 5.92 Å². The summed E-state index contributed by atoms with van der Waals surface area (Å²) in [6, 6.07) is 5.08. The van der Waals surface area contributed by atoms with Crippen LogP contribution in [0.4, 0.5) is 24.5 Å². The van der Waals surface area contributed by atoms with Crippen LogP contribution in [0.15, 0.2) is 36.7 Å². The van der Waals surface area contributed by atoms with Crippen molar-refractivity contribution in [3.05, 3.63) is 57.9 Å². The molecule has 1 aliphatic carbocycles. The number of hydrogen-bond acceptors (Lipinski definition) is 5. The van der Waals surface area contributed by atoms with Gasteiger partial charge >= 0.3 is 6.18 Å². The van der Waals surface area contributed by atoms with Gasteiger partial charge in [-0.05, 0) is 68.2 Å². The highest BCUT2D eigenvalue weighted by molar-refractivity contribution is 5.55. The van der Waals surface area contributed by atoms with Crippen LogP contribution >= 0.6 is 0 Å². The van der Waals surface area contributed by atoms with E-state index in [0.717, 1.165) is 62.0 Å². The molecule has 9 heteroatoms. The number of pyridine rings is 1. The summed E-state index contributed by atoms with van der Waals surface area (Å²) in [4.78, 5) is 14.2. The molecule has 0 spiro atoms. The molecule has 1 saturated carbocycles. The zero-order valence-corrected chi connectivity index (χ0v) is 19.6. The van der Waals surface area contributed by atoms with E-state index >= 15 is 0 Å². The zero-order valence-electron chi connectivity index (χ0n) is 19.6. The molecule has 1 N–H and O–H groups in total. The molecule has 0 saturated heterocycles. The van der Waals surface area contributed by atoms with Gasteiger partial charge in [-0.2, -0.15) is 13.2 Å². The number of anilines is 1. The van der Waals surface area contributed by atoms with E-state index in [9.17, 15) is 23.3 Å². The smallest absolute Gasteiger partial charge is 0.423 e. The number of nitrogens with zero attached hydrogens (tertiary/aromatic N) is 2. The fraction of sp³-hybridized carbons (Fsp3) is 0.560. The van der Waals surface area contributed by atoms with E-state index in [1.807, 2.05) is 12.3 Å².